The van der Waals surface area contributed by atoms with E-state index in [1.165, 1.54) is 7.11 Å². The number of benzene rings is 1. The number of nitrogens with zero attached hydrogens (tertiary/aromatic N) is 2. The fourth-order valence-electron chi connectivity index (χ4n) is 1.49. The summed E-state index contributed by atoms with van der Waals surface area (Å²) in [6.45, 7) is 1.68. The molecule has 8 nitrogen and oxygen atoms in total. The predicted octanol–water partition coefficient (Wildman–Crippen LogP) is 1.70. The molecule has 0 spiro atoms. The number of carbonyl (C=O) groups is 1. The molecule has 1 aromatic heterocycles. The predicted molar refractivity (Wildman–Crippen MR) is 82.6 cm³/mol. The third-order valence-electron chi connectivity index (χ3n) is 2.56. The van der Waals surface area contributed by atoms with E-state index in [4.69, 9.17) is 4.74 Å². The second-order valence-electron chi connectivity index (χ2n) is 4.08. The van der Waals surface area contributed by atoms with E-state index < -0.39 is 10.0 Å². The number of amides is 1. The van der Waals surface area contributed by atoms with Gasteiger partial charge in [-0.2, -0.15) is 8.42 Å². The smallest absolute Gasteiger partial charge is 0.291 e. The van der Waals surface area contributed by atoms with E-state index in [1.807, 2.05) is 0 Å². The Hall–Kier alpha value is -2.20. The molecule has 10 heteroatoms. The molecule has 0 saturated heterocycles. The number of nitrogens with one attached hydrogen (secondary N) is 2. The minimum Gasteiger partial charge on any atom is -0.495 e. The van der Waals surface area contributed by atoms with Crippen molar-refractivity contribution >= 4 is 38.1 Å². The van der Waals surface area contributed by atoms with Gasteiger partial charge < -0.3 is 10.1 Å². The van der Waals surface area contributed by atoms with E-state index >= 15 is 0 Å². The Morgan fingerprint density at radius 3 is 2.73 bits per heavy atom. The molecule has 0 aliphatic heterocycles. The Labute approximate surface area is 131 Å². The average Bonchev–Trinajstić information content (AvgIpc) is 2.96. The zero-order valence-electron chi connectivity index (χ0n) is 11.9. The molecule has 0 bridgehead atoms. The van der Waals surface area contributed by atoms with Gasteiger partial charge in [-0.1, -0.05) is 30.4 Å². The summed E-state index contributed by atoms with van der Waals surface area (Å²) >= 11 is 0.771. The highest BCUT2D eigenvalue weighted by Gasteiger charge is 2.22. The molecule has 1 amide bonds. The number of methoxy groups -OCH3 is 1. The molecule has 0 radical (unpaired) electrons. The van der Waals surface area contributed by atoms with E-state index in [0.29, 0.717) is 11.4 Å². The summed E-state index contributed by atoms with van der Waals surface area (Å²) in [6.07, 6.45) is 0.265. The molecule has 0 fully saturated rings. The summed E-state index contributed by atoms with van der Waals surface area (Å²) in [5.74, 6) is 0.118. The molecular weight excluding hydrogens is 328 g/mol. The van der Waals surface area contributed by atoms with Gasteiger partial charge in [-0.05, 0) is 12.1 Å². The van der Waals surface area contributed by atoms with Crippen LogP contribution in [0.3, 0.4) is 0 Å². The molecule has 0 aliphatic carbocycles. The fraction of sp³-hybridized carbons (Fsp3) is 0.250. The van der Waals surface area contributed by atoms with Crippen LogP contribution in [0.15, 0.2) is 28.6 Å². The first kappa shape index (κ1) is 16.2. The van der Waals surface area contributed by atoms with Crippen LogP contribution < -0.4 is 14.8 Å². The topological polar surface area (TPSA) is 110 Å². The standard InChI is InChI=1S/C12H14N4O4S2/c1-3-10(17)13-11-14-15-12(21-11)22(18,19)16-8-6-4-5-7-9(8)20-2/h4-7,16H,3H2,1-2H3,(H,13,14,17). The van der Waals surface area contributed by atoms with Crippen molar-refractivity contribution in [2.75, 3.05) is 17.1 Å². The Bertz CT molecular complexity index is 773. The van der Waals surface area contributed by atoms with Gasteiger partial charge in [-0.25, -0.2) is 0 Å². The Morgan fingerprint density at radius 2 is 2.05 bits per heavy atom. The molecule has 2 N–H and O–H groups in total. The molecule has 0 saturated carbocycles. The number of ether oxygens (including phenoxy) is 1. The van der Waals surface area contributed by atoms with Crippen molar-refractivity contribution in [1.82, 2.24) is 10.2 Å². The van der Waals surface area contributed by atoms with Gasteiger partial charge in [0.2, 0.25) is 11.0 Å². The molecule has 118 valence electrons. The molecular formula is C12H14N4O4S2. The number of rotatable bonds is 6. The first-order valence-electron chi connectivity index (χ1n) is 6.25. The maximum Gasteiger partial charge on any atom is 0.291 e. The van der Waals surface area contributed by atoms with E-state index in [-0.39, 0.29) is 21.8 Å². The van der Waals surface area contributed by atoms with Crippen LogP contribution >= 0.6 is 11.3 Å². The molecule has 0 aliphatic rings. The summed E-state index contributed by atoms with van der Waals surface area (Å²) in [5.41, 5.74) is 0.291. The number of hydrogen-bond acceptors (Lipinski definition) is 7. The summed E-state index contributed by atoms with van der Waals surface area (Å²) in [4.78, 5) is 11.3. The van der Waals surface area contributed by atoms with Crippen molar-refractivity contribution in [3.8, 4) is 5.75 Å². The Morgan fingerprint density at radius 1 is 1.32 bits per heavy atom. The number of hydrogen-bond donors (Lipinski definition) is 2. The van der Waals surface area contributed by atoms with Gasteiger partial charge in [-0.3, -0.25) is 9.52 Å². The van der Waals surface area contributed by atoms with E-state index in [1.54, 1.807) is 31.2 Å². The fourth-order valence-corrected chi connectivity index (χ4v) is 3.48. The molecule has 22 heavy (non-hydrogen) atoms. The maximum absolute atomic E-state index is 12.3. The highest BCUT2D eigenvalue weighted by atomic mass is 32.2. The van der Waals surface area contributed by atoms with Crippen molar-refractivity contribution in [2.24, 2.45) is 0 Å². The first-order valence-corrected chi connectivity index (χ1v) is 8.55. The van der Waals surface area contributed by atoms with Crippen LogP contribution in [0, 0.1) is 0 Å². The van der Waals surface area contributed by atoms with E-state index in [2.05, 4.69) is 20.2 Å². The number of carbonyl (C=O) groups excluding carboxylic acids is 1. The second-order valence-corrected chi connectivity index (χ2v) is 6.91. The zero-order valence-corrected chi connectivity index (χ0v) is 13.5. The van der Waals surface area contributed by atoms with Gasteiger partial charge in [0.1, 0.15) is 5.75 Å². The summed E-state index contributed by atoms with van der Waals surface area (Å²) < 4.78 is 31.7. The SMILES string of the molecule is CCC(=O)Nc1nnc(S(=O)(=O)Nc2ccccc2OC)s1. The lowest BCUT2D eigenvalue weighted by Crippen LogP contribution is -2.13. The van der Waals surface area contributed by atoms with Crippen molar-refractivity contribution in [2.45, 2.75) is 17.7 Å². The molecule has 1 heterocycles. The largest absolute Gasteiger partial charge is 0.495 e. The third-order valence-corrected chi connectivity index (χ3v) is 5.13. The van der Waals surface area contributed by atoms with Gasteiger partial charge in [-0.15, -0.1) is 10.2 Å². The normalized spacial score (nSPS) is 11.0. The van der Waals surface area contributed by atoms with Crippen molar-refractivity contribution < 1.29 is 17.9 Å². The lowest BCUT2D eigenvalue weighted by atomic mass is 10.3. The van der Waals surface area contributed by atoms with Crippen LogP contribution in [0.5, 0.6) is 5.75 Å². The van der Waals surface area contributed by atoms with Crippen LogP contribution in [0.25, 0.3) is 0 Å². The third kappa shape index (κ3) is 3.71. The van der Waals surface area contributed by atoms with Crippen LogP contribution in [0.4, 0.5) is 10.8 Å². The zero-order chi connectivity index (χ0) is 16.2. The van der Waals surface area contributed by atoms with Gasteiger partial charge in [0.15, 0.2) is 0 Å². The number of anilines is 2. The summed E-state index contributed by atoms with van der Waals surface area (Å²) in [7, 11) is -2.46. The van der Waals surface area contributed by atoms with Crippen molar-refractivity contribution in [3.63, 3.8) is 0 Å². The lowest BCUT2D eigenvalue weighted by Gasteiger charge is -2.09. The van der Waals surface area contributed by atoms with E-state index in [0.717, 1.165) is 11.3 Å². The van der Waals surface area contributed by atoms with Crippen LogP contribution in [-0.4, -0.2) is 31.6 Å². The molecule has 1 aromatic carbocycles. The lowest BCUT2D eigenvalue weighted by molar-refractivity contribution is -0.115. The van der Waals surface area contributed by atoms with Crippen LogP contribution in [0.2, 0.25) is 0 Å². The number of sulfonamides is 1. The quantitative estimate of drug-likeness (QED) is 0.773. The number of para-hydroxylation sites is 2. The molecule has 0 atom stereocenters. The summed E-state index contributed by atoms with van der Waals surface area (Å²) in [6, 6.07) is 6.59. The van der Waals surface area contributed by atoms with E-state index in [9.17, 15) is 13.2 Å². The maximum atomic E-state index is 12.3. The van der Waals surface area contributed by atoms with Crippen molar-refractivity contribution in [3.05, 3.63) is 24.3 Å². The highest BCUT2D eigenvalue weighted by molar-refractivity contribution is 7.94. The van der Waals surface area contributed by atoms with Gasteiger partial charge >= 0.3 is 0 Å². The van der Waals surface area contributed by atoms with Gasteiger partial charge in [0.25, 0.3) is 14.4 Å². The monoisotopic (exact) mass is 342 g/mol. The van der Waals surface area contributed by atoms with Gasteiger partial charge in [0.05, 0.1) is 12.8 Å². The average molecular weight is 342 g/mol. The first-order chi connectivity index (χ1) is 10.5. The summed E-state index contributed by atoms with van der Waals surface area (Å²) in [5, 5.41) is 9.82. The molecule has 0 unspecified atom stereocenters. The Balaban J connectivity index is 2.22. The Kier molecular flexibility index (Phi) is 4.93. The minimum absolute atomic E-state index is 0.132. The van der Waals surface area contributed by atoms with Gasteiger partial charge in [0, 0.05) is 6.42 Å². The highest BCUT2D eigenvalue weighted by Crippen LogP contribution is 2.27. The minimum atomic E-state index is -3.90. The second kappa shape index (κ2) is 6.71. The molecule has 2 rings (SSSR count). The number of aromatic nitrogens is 2. The molecule has 2 aromatic rings. The van der Waals surface area contributed by atoms with Crippen LogP contribution in [-0.2, 0) is 14.8 Å². The van der Waals surface area contributed by atoms with Crippen LogP contribution in [0.1, 0.15) is 13.3 Å². The van der Waals surface area contributed by atoms with Crippen molar-refractivity contribution in [1.29, 1.82) is 0 Å².